The molecule has 0 saturated heterocycles. The number of ether oxygens (including phenoxy) is 1. The molecule has 1 rings (SSSR count). The number of aromatic nitrogens is 2. The molecule has 0 saturated carbocycles. The third-order valence-corrected chi connectivity index (χ3v) is 1.22. The van der Waals surface area contributed by atoms with Crippen molar-refractivity contribution >= 4 is 0 Å². The zero-order chi connectivity index (χ0) is 8.97. The van der Waals surface area contributed by atoms with Gasteiger partial charge in [0.25, 0.3) is 6.43 Å². The summed E-state index contributed by atoms with van der Waals surface area (Å²) in [6.45, 7) is 1.77. The normalized spacial score (nSPS) is 10.7. The molecular formula is C7H9F2N2O. The van der Waals surface area contributed by atoms with Crippen LogP contribution in [-0.4, -0.2) is 22.8 Å². The van der Waals surface area contributed by atoms with Gasteiger partial charge in [0.15, 0.2) is 0 Å². The monoisotopic (exact) mass is 175 g/mol. The quantitative estimate of drug-likeness (QED) is 0.690. The lowest BCUT2D eigenvalue weighted by molar-refractivity contribution is 0.116. The number of hydrogen-bond donors (Lipinski definition) is 0. The van der Waals surface area contributed by atoms with Crippen molar-refractivity contribution in [1.29, 1.82) is 0 Å². The second-order valence-electron chi connectivity index (χ2n) is 2.12. The van der Waals surface area contributed by atoms with E-state index in [2.05, 4.69) is 11.3 Å². The molecule has 3 nitrogen and oxygen atoms in total. The van der Waals surface area contributed by atoms with Crippen molar-refractivity contribution in [2.75, 3.05) is 6.61 Å². The summed E-state index contributed by atoms with van der Waals surface area (Å²) in [6, 6.07) is 1.44. The minimum Gasteiger partial charge on any atom is -0.478 e. The standard InChI is InChI=1S/C7H9F2N2O/c1-2-12-7-3-4-10-11(7)5-6(8)9/h3,6H,2,5H2,1H3. The average Bonchev–Trinajstić information content (AvgIpc) is 2.37. The molecule has 0 unspecified atom stereocenters. The lowest BCUT2D eigenvalue weighted by atomic mass is 10.6. The highest BCUT2D eigenvalue weighted by molar-refractivity contribution is 5.06. The molecule has 0 bridgehead atoms. The number of nitrogens with zero attached hydrogens (tertiary/aromatic N) is 2. The first kappa shape index (κ1) is 8.96. The van der Waals surface area contributed by atoms with Crippen LogP contribution in [0.25, 0.3) is 0 Å². The van der Waals surface area contributed by atoms with E-state index in [-0.39, 0.29) is 0 Å². The molecule has 0 aliphatic carbocycles. The highest BCUT2D eigenvalue weighted by Gasteiger charge is 2.08. The third-order valence-electron chi connectivity index (χ3n) is 1.22. The zero-order valence-corrected chi connectivity index (χ0v) is 6.63. The molecule has 1 heterocycles. The van der Waals surface area contributed by atoms with Crippen LogP contribution in [0.1, 0.15) is 6.92 Å². The van der Waals surface area contributed by atoms with Gasteiger partial charge in [0, 0.05) is 6.07 Å². The summed E-state index contributed by atoms with van der Waals surface area (Å²) in [5.74, 6) is 0.331. The SMILES string of the molecule is CCOc1c[c]nn1CC(F)F. The van der Waals surface area contributed by atoms with Gasteiger partial charge in [-0.3, -0.25) is 0 Å². The third kappa shape index (κ3) is 2.18. The summed E-state index contributed by atoms with van der Waals surface area (Å²) in [5.41, 5.74) is 0. The molecule has 0 aliphatic rings. The van der Waals surface area contributed by atoms with Gasteiger partial charge in [-0.15, -0.1) is 0 Å². The summed E-state index contributed by atoms with van der Waals surface area (Å²) in [6.07, 6.45) is 0.0242. The van der Waals surface area contributed by atoms with Crippen molar-refractivity contribution in [1.82, 2.24) is 9.78 Å². The Balaban J connectivity index is 2.63. The summed E-state index contributed by atoms with van der Waals surface area (Å²) in [5, 5.41) is 3.56. The van der Waals surface area contributed by atoms with Crippen LogP contribution >= 0.6 is 0 Å². The maximum absolute atomic E-state index is 11.9. The van der Waals surface area contributed by atoms with Crippen LogP contribution in [0.2, 0.25) is 0 Å². The van der Waals surface area contributed by atoms with Crippen molar-refractivity contribution in [2.45, 2.75) is 19.9 Å². The van der Waals surface area contributed by atoms with E-state index < -0.39 is 13.0 Å². The minimum absolute atomic E-state index is 0.331. The molecule has 0 spiro atoms. The average molecular weight is 175 g/mol. The Bertz CT molecular complexity index is 237. The fourth-order valence-electron chi connectivity index (χ4n) is 0.803. The molecular weight excluding hydrogens is 166 g/mol. The van der Waals surface area contributed by atoms with E-state index in [9.17, 15) is 8.78 Å². The van der Waals surface area contributed by atoms with E-state index in [1.807, 2.05) is 0 Å². The van der Waals surface area contributed by atoms with Crippen LogP contribution in [0.4, 0.5) is 8.78 Å². The molecule has 0 amide bonds. The molecule has 0 atom stereocenters. The van der Waals surface area contributed by atoms with E-state index in [1.165, 1.54) is 6.07 Å². The smallest absolute Gasteiger partial charge is 0.258 e. The molecule has 1 aromatic rings. The molecule has 5 heteroatoms. The first-order chi connectivity index (χ1) is 5.74. The molecule has 1 aromatic heterocycles. The molecule has 0 N–H and O–H groups in total. The number of alkyl halides is 2. The summed E-state index contributed by atoms with van der Waals surface area (Å²) >= 11 is 0. The molecule has 1 radical (unpaired) electrons. The van der Waals surface area contributed by atoms with Crippen LogP contribution in [0.15, 0.2) is 6.07 Å². The van der Waals surface area contributed by atoms with Gasteiger partial charge in [0.1, 0.15) is 12.7 Å². The predicted molar refractivity (Wildman–Crippen MR) is 38.2 cm³/mol. The summed E-state index contributed by atoms with van der Waals surface area (Å²) in [4.78, 5) is 0. The van der Waals surface area contributed by atoms with Gasteiger partial charge in [0.2, 0.25) is 5.88 Å². The first-order valence-corrected chi connectivity index (χ1v) is 3.59. The van der Waals surface area contributed by atoms with Crippen molar-refractivity contribution in [3.05, 3.63) is 12.3 Å². The van der Waals surface area contributed by atoms with E-state index in [0.717, 1.165) is 4.68 Å². The van der Waals surface area contributed by atoms with Crippen LogP contribution in [0.3, 0.4) is 0 Å². The second kappa shape index (κ2) is 4.04. The van der Waals surface area contributed by atoms with Gasteiger partial charge in [-0.25, -0.2) is 13.5 Å². The minimum atomic E-state index is -2.42. The largest absolute Gasteiger partial charge is 0.478 e. The Morgan fingerprint density at radius 3 is 3.08 bits per heavy atom. The number of hydrogen-bond acceptors (Lipinski definition) is 2. The fraction of sp³-hybridized carbons (Fsp3) is 0.571. The Kier molecular flexibility index (Phi) is 3.01. The Morgan fingerprint density at radius 1 is 1.75 bits per heavy atom. The van der Waals surface area contributed by atoms with Crippen molar-refractivity contribution < 1.29 is 13.5 Å². The van der Waals surface area contributed by atoms with E-state index >= 15 is 0 Å². The molecule has 12 heavy (non-hydrogen) atoms. The van der Waals surface area contributed by atoms with Crippen LogP contribution in [-0.2, 0) is 6.54 Å². The maximum atomic E-state index is 11.9. The summed E-state index contributed by atoms with van der Waals surface area (Å²) < 4.78 is 29.9. The van der Waals surface area contributed by atoms with Crippen LogP contribution < -0.4 is 4.74 Å². The van der Waals surface area contributed by atoms with Crippen LogP contribution in [0, 0.1) is 6.20 Å². The van der Waals surface area contributed by atoms with Gasteiger partial charge < -0.3 is 4.74 Å². The lowest BCUT2D eigenvalue weighted by Gasteiger charge is -2.05. The van der Waals surface area contributed by atoms with E-state index in [1.54, 1.807) is 6.92 Å². The van der Waals surface area contributed by atoms with Crippen molar-refractivity contribution in [3.8, 4) is 5.88 Å². The highest BCUT2D eigenvalue weighted by atomic mass is 19.3. The van der Waals surface area contributed by atoms with Crippen molar-refractivity contribution in [2.24, 2.45) is 0 Å². The Labute approximate surface area is 68.9 Å². The maximum Gasteiger partial charge on any atom is 0.258 e. The second-order valence-corrected chi connectivity index (χ2v) is 2.12. The van der Waals surface area contributed by atoms with Crippen molar-refractivity contribution in [3.63, 3.8) is 0 Å². The topological polar surface area (TPSA) is 27.1 Å². The Hall–Kier alpha value is -1.13. The zero-order valence-electron chi connectivity index (χ0n) is 6.63. The van der Waals surface area contributed by atoms with Gasteiger partial charge in [0.05, 0.1) is 6.61 Å². The molecule has 0 fully saturated rings. The van der Waals surface area contributed by atoms with Gasteiger partial charge >= 0.3 is 0 Å². The Morgan fingerprint density at radius 2 is 2.50 bits per heavy atom. The van der Waals surface area contributed by atoms with E-state index in [4.69, 9.17) is 4.74 Å². The number of rotatable bonds is 4. The van der Waals surface area contributed by atoms with Gasteiger partial charge in [-0.2, -0.15) is 5.10 Å². The predicted octanol–water partition coefficient (Wildman–Crippen LogP) is 1.35. The lowest BCUT2D eigenvalue weighted by Crippen LogP contribution is -2.10. The van der Waals surface area contributed by atoms with Gasteiger partial charge in [-0.1, -0.05) is 0 Å². The first-order valence-electron chi connectivity index (χ1n) is 3.59. The number of halogens is 2. The fourth-order valence-corrected chi connectivity index (χ4v) is 0.803. The highest BCUT2D eigenvalue weighted by Crippen LogP contribution is 2.10. The molecule has 0 aromatic carbocycles. The van der Waals surface area contributed by atoms with Crippen LogP contribution in [0.5, 0.6) is 5.88 Å². The van der Waals surface area contributed by atoms with E-state index in [0.29, 0.717) is 12.5 Å². The summed E-state index contributed by atoms with van der Waals surface area (Å²) in [7, 11) is 0. The van der Waals surface area contributed by atoms with Gasteiger partial charge in [-0.05, 0) is 6.92 Å². The molecule has 67 valence electrons. The molecule has 0 aliphatic heterocycles.